The Hall–Kier alpha value is -2.25. The summed E-state index contributed by atoms with van der Waals surface area (Å²) in [6.45, 7) is 7.48. The van der Waals surface area contributed by atoms with E-state index in [1.807, 2.05) is 23.9 Å². The van der Waals surface area contributed by atoms with Crippen LogP contribution >= 0.6 is 11.3 Å². The zero-order valence-corrected chi connectivity index (χ0v) is 15.8. The zero-order chi connectivity index (χ0) is 18.0. The Bertz CT molecular complexity index is 896. The van der Waals surface area contributed by atoms with Gasteiger partial charge in [-0.1, -0.05) is 0 Å². The summed E-state index contributed by atoms with van der Waals surface area (Å²) in [6.07, 6.45) is 1.73. The fourth-order valence-corrected chi connectivity index (χ4v) is 3.51. The van der Waals surface area contributed by atoms with E-state index in [4.69, 9.17) is 4.98 Å². The van der Waals surface area contributed by atoms with Gasteiger partial charge in [-0.25, -0.2) is 9.67 Å². The minimum Gasteiger partial charge on any atom is -0.351 e. The van der Waals surface area contributed by atoms with Crippen molar-refractivity contribution in [3.05, 3.63) is 34.8 Å². The van der Waals surface area contributed by atoms with Crippen LogP contribution in [0.5, 0.6) is 0 Å². The third-order valence-corrected chi connectivity index (χ3v) is 4.98. The normalized spacial score (nSPS) is 11.4. The molecule has 1 amide bonds. The number of thiophene rings is 1. The van der Waals surface area contributed by atoms with E-state index in [0.717, 1.165) is 28.1 Å². The number of aromatic nitrogens is 3. The van der Waals surface area contributed by atoms with E-state index in [1.165, 1.54) is 4.88 Å². The van der Waals surface area contributed by atoms with Gasteiger partial charge in [-0.05, 0) is 46.0 Å². The SMILES string of the molecule is CNCCNC(=O)c1cc(-c2ccc(C)s2)nc2c1cnn2C(C)C. The predicted octanol–water partition coefficient (Wildman–Crippen LogP) is 3.00. The van der Waals surface area contributed by atoms with Crippen molar-refractivity contribution < 1.29 is 4.79 Å². The van der Waals surface area contributed by atoms with Crippen molar-refractivity contribution >= 4 is 28.3 Å². The molecule has 3 rings (SSSR count). The summed E-state index contributed by atoms with van der Waals surface area (Å²) in [5.74, 6) is -0.0968. The maximum atomic E-state index is 12.7. The minimum atomic E-state index is -0.0968. The Morgan fingerprint density at radius 2 is 2.12 bits per heavy atom. The Morgan fingerprint density at radius 1 is 1.32 bits per heavy atom. The van der Waals surface area contributed by atoms with E-state index in [2.05, 4.69) is 42.6 Å². The maximum Gasteiger partial charge on any atom is 0.252 e. The van der Waals surface area contributed by atoms with Crippen LogP contribution in [0.15, 0.2) is 24.4 Å². The van der Waals surface area contributed by atoms with Crippen LogP contribution in [0.4, 0.5) is 0 Å². The van der Waals surface area contributed by atoms with Gasteiger partial charge in [0.1, 0.15) is 0 Å². The first kappa shape index (κ1) is 17.6. The Labute approximate surface area is 151 Å². The summed E-state index contributed by atoms with van der Waals surface area (Å²) in [5.41, 5.74) is 2.18. The lowest BCUT2D eigenvalue weighted by Gasteiger charge is -2.10. The number of carbonyl (C=O) groups is 1. The monoisotopic (exact) mass is 357 g/mol. The quantitative estimate of drug-likeness (QED) is 0.665. The third kappa shape index (κ3) is 3.57. The molecule has 0 aliphatic rings. The molecule has 0 bridgehead atoms. The number of hydrogen-bond acceptors (Lipinski definition) is 5. The summed E-state index contributed by atoms with van der Waals surface area (Å²) < 4.78 is 1.86. The highest BCUT2D eigenvalue weighted by atomic mass is 32.1. The highest BCUT2D eigenvalue weighted by molar-refractivity contribution is 7.15. The highest BCUT2D eigenvalue weighted by Crippen LogP contribution is 2.30. The summed E-state index contributed by atoms with van der Waals surface area (Å²) in [6, 6.07) is 6.16. The Kier molecular flexibility index (Phi) is 5.15. The number of rotatable bonds is 6. The van der Waals surface area contributed by atoms with E-state index in [-0.39, 0.29) is 11.9 Å². The molecule has 0 aromatic carbocycles. The first-order valence-corrected chi connectivity index (χ1v) is 9.20. The number of nitrogens with zero attached hydrogens (tertiary/aromatic N) is 3. The molecule has 3 aromatic rings. The van der Waals surface area contributed by atoms with Crippen molar-refractivity contribution in [2.45, 2.75) is 26.8 Å². The number of carbonyl (C=O) groups excluding carboxylic acids is 1. The second kappa shape index (κ2) is 7.33. The highest BCUT2D eigenvalue weighted by Gasteiger charge is 2.18. The topological polar surface area (TPSA) is 71.8 Å². The zero-order valence-electron chi connectivity index (χ0n) is 15.0. The van der Waals surface area contributed by atoms with Crippen LogP contribution in [0, 0.1) is 6.92 Å². The van der Waals surface area contributed by atoms with Crippen molar-refractivity contribution in [2.75, 3.05) is 20.1 Å². The van der Waals surface area contributed by atoms with Gasteiger partial charge >= 0.3 is 0 Å². The van der Waals surface area contributed by atoms with Gasteiger partial charge in [0, 0.05) is 24.0 Å². The largest absolute Gasteiger partial charge is 0.351 e. The van der Waals surface area contributed by atoms with E-state index in [0.29, 0.717) is 12.1 Å². The van der Waals surface area contributed by atoms with Gasteiger partial charge in [0.2, 0.25) is 0 Å². The molecule has 7 heteroatoms. The second-order valence-corrected chi connectivity index (χ2v) is 7.53. The van der Waals surface area contributed by atoms with Crippen LogP contribution in [-0.4, -0.2) is 40.8 Å². The standard InChI is InChI=1S/C18H23N5OS/c1-11(2)23-17-14(10-21-23)13(18(24)20-8-7-19-4)9-15(22-17)16-6-5-12(3)25-16/h5-6,9-11,19H,7-8H2,1-4H3,(H,20,24). The van der Waals surface area contributed by atoms with Gasteiger partial charge in [0.25, 0.3) is 5.91 Å². The lowest BCUT2D eigenvalue weighted by atomic mass is 10.1. The first-order valence-electron chi connectivity index (χ1n) is 8.39. The fraction of sp³-hybridized carbons (Fsp3) is 0.389. The number of pyridine rings is 1. The molecule has 0 saturated heterocycles. The molecule has 25 heavy (non-hydrogen) atoms. The number of likely N-dealkylation sites (N-methyl/N-ethyl adjacent to an activating group) is 1. The van der Waals surface area contributed by atoms with Crippen molar-refractivity contribution in [1.29, 1.82) is 0 Å². The molecule has 2 N–H and O–H groups in total. The van der Waals surface area contributed by atoms with Gasteiger partial charge in [0.15, 0.2) is 5.65 Å². The number of amides is 1. The molecule has 132 valence electrons. The van der Waals surface area contributed by atoms with Gasteiger partial charge < -0.3 is 10.6 Å². The van der Waals surface area contributed by atoms with Crippen LogP contribution in [0.3, 0.4) is 0 Å². The molecule has 0 saturated carbocycles. The average molecular weight is 357 g/mol. The van der Waals surface area contributed by atoms with E-state index < -0.39 is 0 Å². The van der Waals surface area contributed by atoms with Crippen LogP contribution < -0.4 is 10.6 Å². The summed E-state index contributed by atoms with van der Waals surface area (Å²) in [7, 11) is 1.86. The maximum absolute atomic E-state index is 12.7. The van der Waals surface area contributed by atoms with Gasteiger partial charge in [0.05, 0.1) is 27.7 Å². The second-order valence-electron chi connectivity index (χ2n) is 6.24. The van der Waals surface area contributed by atoms with E-state index in [9.17, 15) is 4.79 Å². The van der Waals surface area contributed by atoms with Crippen molar-refractivity contribution in [2.24, 2.45) is 0 Å². The molecular formula is C18H23N5OS. The number of hydrogen-bond donors (Lipinski definition) is 2. The van der Waals surface area contributed by atoms with Crippen molar-refractivity contribution in [3.8, 4) is 10.6 Å². The van der Waals surface area contributed by atoms with Crippen LogP contribution in [0.1, 0.15) is 35.1 Å². The van der Waals surface area contributed by atoms with Crippen LogP contribution in [0.2, 0.25) is 0 Å². The van der Waals surface area contributed by atoms with Gasteiger partial charge in [-0.15, -0.1) is 11.3 Å². The smallest absolute Gasteiger partial charge is 0.252 e. The van der Waals surface area contributed by atoms with Gasteiger partial charge in [-0.2, -0.15) is 5.10 Å². The lowest BCUT2D eigenvalue weighted by molar-refractivity contribution is 0.0955. The number of fused-ring (bicyclic) bond motifs is 1. The number of nitrogens with one attached hydrogen (secondary N) is 2. The summed E-state index contributed by atoms with van der Waals surface area (Å²) in [4.78, 5) is 19.8. The Balaban J connectivity index is 2.11. The molecule has 6 nitrogen and oxygen atoms in total. The van der Waals surface area contributed by atoms with E-state index in [1.54, 1.807) is 17.5 Å². The summed E-state index contributed by atoms with van der Waals surface area (Å²) >= 11 is 1.67. The predicted molar refractivity (Wildman–Crippen MR) is 102 cm³/mol. The van der Waals surface area contributed by atoms with Crippen molar-refractivity contribution in [3.63, 3.8) is 0 Å². The molecule has 0 aliphatic heterocycles. The number of aryl methyl sites for hydroxylation is 1. The average Bonchev–Trinajstić information content (AvgIpc) is 3.20. The minimum absolute atomic E-state index is 0.0968. The molecule has 0 atom stereocenters. The molecule has 0 unspecified atom stereocenters. The molecular weight excluding hydrogens is 334 g/mol. The fourth-order valence-electron chi connectivity index (χ4n) is 2.68. The van der Waals surface area contributed by atoms with Crippen molar-refractivity contribution in [1.82, 2.24) is 25.4 Å². The first-order chi connectivity index (χ1) is 12.0. The van der Waals surface area contributed by atoms with E-state index >= 15 is 0 Å². The molecule has 3 aromatic heterocycles. The Morgan fingerprint density at radius 3 is 2.76 bits per heavy atom. The van der Waals surface area contributed by atoms with Crippen LogP contribution in [-0.2, 0) is 0 Å². The molecule has 0 radical (unpaired) electrons. The molecule has 0 aliphatic carbocycles. The third-order valence-electron chi connectivity index (χ3n) is 3.95. The molecule has 0 fully saturated rings. The summed E-state index contributed by atoms with van der Waals surface area (Å²) in [5, 5.41) is 11.2. The molecule has 3 heterocycles. The van der Waals surface area contributed by atoms with Crippen LogP contribution in [0.25, 0.3) is 21.6 Å². The van der Waals surface area contributed by atoms with Gasteiger partial charge in [-0.3, -0.25) is 4.79 Å². The lowest BCUT2D eigenvalue weighted by Crippen LogP contribution is -2.30. The molecule has 0 spiro atoms.